The maximum absolute atomic E-state index is 12.2. The van der Waals surface area contributed by atoms with E-state index in [0.29, 0.717) is 18.6 Å². The molecular formula is C20H19N5O3S. The van der Waals surface area contributed by atoms with Gasteiger partial charge in [-0.1, -0.05) is 12.1 Å². The molecule has 3 heterocycles. The van der Waals surface area contributed by atoms with Gasteiger partial charge in [0.1, 0.15) is 0 Å². The lowest BCUT2D eigenvalue weighted by Gasteiger charge is -2.06. The van der Waals surface area contributed by atoms with E-state index < -0.39 is 5.97 Å². The predicted molar refractivity (Wildman–Crippen MR) is 110 cm³/mol. The lowest BCUT2D eigenvalue weighted by atomic mass is 10.2. The van der Waals surface area contributed by atoms with Gasteiger partial charge in [0.2, 0.25) is 0 Å². The molecule has 0 saturated carbocycles. The zero-order chi connectivity index (χ0) is 20.4. The zero-order valence-corrected chi connectivity index (χ0v) is 16.8. The lowest BCUT2D eigenvalue weighted by molar-refractivity contribution is -0.124. The van der Waals surface area contributed by atoms with E-state index in [4.69, 9.17) is 4.74 Å². The number of carbonyl (C=O) groups is 2. The number of hydrogen-bond donors (Lipinski definition) is 1. The van der Waals surface area contributed by atoms with E-state index in [1.807, 2.05) is 31.2 Å². The Morgan fingerprint density at radius 1 is 1.28 bits per heavy atom. The van der Waals surface area contributed by atoms with Crippen molar-refractivity contribution in [3.05, 3.63) is 52.8 Å². The van der Waals surface area contributed by atoms with E-state index in [1.165, 1.54) is 6.20 Å². The van der Waals surface area contributed by atoms with Crippen LogP contribution in [-0.2, 0) is 23.0 Å². The molecule has 0 radical (unpaired) electrons. The number of para-hydroxylation sites is 1. The fourth-order valence-electron chi connectivity index (χ4n) is 3.02. The summed E-state index contributed by atoms with van der Waals surface area (Å²) in [6, 6.07) is 9.59. The third kappa shape index (κ3) is 4.09. The van der Waals surface area contributed by atoms with E-state index in [2.05, 4.69) is 20.4 Å². The fraction of sp³-hybridized carbons (Fsp3) is 0.250. The molecule has 4 rings (SSSR count). The Kier molecular flexibility index (Phi) is 5.22. The van der Waals surface area contributed by atoms with Crippen molar-refractivity contribution in [1.82, 2.24) is 25.1 Å². The maximum Gasteiger partial charge on any atom is 0.340 e. The SMILES string of the molecule is Cc1nn(C)c2ncc(C(=O)OCC(=O)NCCc3nc4ccccc4s3)cc12. The number of hydrogen-bond acceptors (Lipinski definition) is 7. The van der Waals surface area contributed by atoms with Gasteiger partial charge >= 0.3 is 5.97 Å². The van der Waals surface area contributed by atoms with Gasteiger partial charge in [-0.2, -0.15) is 5.10 Å². The van der Waals surface area contributed by atoms with Crippen molar-refractivity contribution in [3.63, 3.8) is 0 Å². The van der Waals surface area contributed by atoms with Crippen LogP contribution < -0.4 is 5.32 Å². The van der Waals surface area contributed by atoms with Crippen LogP contribution in [0.3, 0.4) is 0 Å². The molecule has 0 saturated heterocycles. The van der Waals surface area contributed by atoms with Gasteiger partial charge in [-0.25, -0.2) is 14.8 Å². The number of esters is 1. The second-order valence-corrected chi connectivity index (χ2v) is 7.67. The largest absolute Gasteiger partial charge is 0.452 e. The Morgan fingerprint density at radius 2 is 2.10 bits per heavy atom. The summed E-state index contributed by atoms with van der Waals surface area (Å²) in [6.07, 6.45) is 2.05. The van der Waals surface area contributed by atoms with Crippen molar-refractivity contribution >= 4 is 44.5 Å². The van der Waals surface area contributed by atoms with Gasteiger partial charge in [-0.05, 0) is 25.1 Å². The van der Waals surface area contributed by atoms with Gasteiger partial charge in [-0.15, -0.1) is 11.3 Å². The molecule has 0 aliphatic rings. The van der Waals surface area contributed by atoms with Crippen molar-refractivity contribution in [2.45, 2.75) is 13.3 Å². The van der Waals surface area contributed by atoms with Crippen LogP contribution in [0.5, 0.6) is 0 Å². The van der Waals surface area contributed by atoms with E-state index in [9.17, 15) is 9.59 Å². The minimum Gasteiger partial charge on any atom is -0.452 e. The monoisotopic (exact) mass is 409 g/mol. The smallest absolute Gasteiger partial charge is 0.340 e. The first kappa shape index (κ1) is 19.0. The number of carbonyl (C=O) groups excluding carboxylic acids is 2. The van der Waals surface area contributed by atoms with Crippen molar-refractivity contribution < 1.29 is 14.3 Å². The number of amides is 1. The molecule has 0 aliphatic carbocycles. The van der Waals surface area contributed by atoms with Crippen LogP contribution in [-0.4, -0.2) is 44.8 Å². The summed E-state index contributed by atoms with van der Waals surface area (Å²) >= 11 is 1.61. The molecule has 29 heavy (non-hydrogen) atoms. The van der Waals surface area contributed by atoms with E-state index in [-0.39, 0.29) is 18.1 Å². The first-order valence-corrected chi connectivity index (χ1v) is 9.90. The van der Waals surface area contributed by atoms with Crippen LogP contribution in [0.25, 0.3) is 21.3 Å². The van der Waals surface area contributed by atoms with Crippen LogP contribution in [0.15, 0.2) is 36.5 Å². The molecule has 1 amide bonds. The van der Waals surface area contributed by atoms with Gasteiger partial charge in [0.25, 0.3) is 5.91 Å². The molecule has 4 aromatic rings. The highest BCUT2D eigenvalue weighted by molar-refractivity contribution is 7.18. The first-order valence-electron chi connectivity index (χ1n) is 9.09. The fourth-order valence-corrected chi connectivity index (χ4v) is 3.99. The van der Waals surface area contributed by atoms with Crippen LogP contribution in [0.1, 0.15) is 21.1 Å². The Hall–Kier alpha value is -3.33. The number of aromatic nitrogens is 4. The number of ether oxygens (including phenoxy) is 1. The molecule has 0 atom stereocenters. The van der Waals surface area contributed by atoms with Gasteiger partial charge in [-0.3, -0.25) is 9.48 Å². The lowest BCUT2D eigenvalue weighted by Crippen LogP contribution is -2.30. The highest BCUT2D eigenvalue weighted by Gasteiger charge is 2.14. The van der Waals surface area contributed by atoms with Gasteiger partial charge in [0.15, 0.2) is 12.3 Å². The van der Waals surface area contributed by atoms with E-state index in [1.54, 1.807) is 29.1 Å². The maximum atomic E-state index is 12.2. The van der Waals surface area contributed by atoms with Crippen LogP contribution in [0.4, 0.5) is 0 Å². The number of rotatable bonds is 6. The van der Waals surface area contributed by atoms with E-state index >= 15 is 0 Å². The van der Waals surface area contributed by atoms with Crippen LogP contribution >= 0.6 is 11.3 Å². The molecule has 0 bridgehead atoms. The molecule has 8 nitrogen and oxygen atoms in total. The first-order chi connectivity index (χ1) is 14.0. The quantitative estimate of drug-likeness (QED) is 0.491. The molecule has 1 N–H and O–H groups in total. The average molecular weight is 409 g/mol. The summed E-state index contributed by atoms with van der Waals surface area (Å²) in [6.45, 7) is 1.93. The van der Waals surface area contributed by atoms with E-state index in [0.717, 1.165) is 26.3 Å². The predicted octanol–water partition coefficient (Wildman–Crippen LogP) is 2.40. The third-order valence-electron chi connectivity index (χ3n) is 4.43. The summed E-state index contributed by atoms with van der Waals surface area (Å²) in [4.78, 5) is 33.0. The number of nitrogens with one attached hydrogen (secondary N) is 1. The molecule has 0 fully saturated rings. The number of benzene rings is 1. The molecule has 0 aliphatic heterocycles. The number of pyridine rings is 1. The highest BCUT2D eigenvalue weighted by Crippen LogP contribution is 2.21. The Bertz CT molecular complexity index is 1180. The number of aryl methyl sites for hydroxylation is 2. The minimum atomic E-state index is -0.594. The van der Waals surface area contributed by atoms with Gasteiger partial charge < -0.3 is 10.1 Å². The summed E-state index contributed by atoms with van der Waals surface area (Å²) in [5.41, 5.74) is 2.71. The third-order valence-corrected chi connectivity index (χ3v) is 5.53. The summed E-state index contributed by atoms with van der Waals surface area (Å²) in [5.74, 6) is -0.949. The van der Waals surface area contributed by atoms with Gasteiger partial charge in [0.05, 0.1) is 26.5 Å². The molecule has 148 valence electrons. The Morgan fingerprint density at radius 3 is 2.93 bits per heavy atom. The second kappa shape index (κ2) is 7.96. The normalized spacial score (nSPS) is 11.1. The van der Waals surface area contributed by atoms with Gasteiger partial charge in [0, 0.05) is 31.6 Å². The van der Waals surface area contributed by atoms with Crippen molar-refractivity contribution in [2.24, 2.45) is 7.05 Å². The molecule has 9 heteroatoms. The average Bonchev–Trinajstić information content (AvgIpc) is 3.26. The highest BCUT2D eigenvalue weighted by atomic mass is 32.1. The minimum absolute atomic E-state index is 0.288. The Labute approximate surface area is 170 Å². The van der Waals surface area contributed by atoms with Crippen molar-refractivity contribution in [1.29, 1.82) is 0 Å². The number of nitrogens with zero attached hydrogens (tertiary/aromatic N) is 4. The molecule has 0 unspecified atom stereocenters. The number of fused-ring (bicyclic) bond motifs is 2. The van der Waals surface area contributed by atoms with Crippen molar-refractivity contribution in [3.8, 4) is 0 Å². The Balaban J connectivity index is 1.27. The van der Waals surface area contributed by atoms with Crippen LogP contribution in [0.2, 0.25) is 0 Å². The molecule has 1 aromatic carbocycles. The molecule has 0 spiro atoms. The summed E-state index contributed by atoms with van der Waals surface area (Å²) < 4.78 is 7.88. The summed E-state index contributed by atoms with van der Waals surface area (Å²) in [5, 5.41) is 8.75. The van der Waals surface area contributed by atoms with Crippen molar-refractivity contribution in [2.75, 3.05) is 13.2 Å². The topological polar surface area (TPSA) is 99.0 Å². The van der Waals surface area contributed by atoms with Crippen LogP contribution in [0, 0.1) is 6.92 Å². The second-order valence-electron chi connectivity index (χ2n) is 6.56. The number of thiazole rings is 1. The summed E-state index contributed by atoms with van der Waals surface area (Å²) in [7, 11) is 1.79. The molecular weight excluding hydrogens is 390 g/mol. The molecule has 3 aromatic heterocycles. The zero-order valence-electron chi connectivity index (χ0n) is 16.0. The standard InChI is InChI=1S/C20H19N5O3S/c1-12-14-9-13(10-22-19(14)25(2)24-12)20(27)28-11-17(26)21-8-7-18-23-15-5-3-4-6-16(15)29-18/h3-6,9-10H,7-8,11H2,1-2H3,(H,21,26).